The number of unbranched alkanes of at least 4 members (excludes halogenated alkanes) is 3. The van der Waals surface area contributed by atoms with E-state index in [0.29, 0.717) is 41.7 Å². The Hall–Kier alpha value is -9.03. The van der Waals surface area contributed by atoms with Crippen LogP contribution in [0.5, 0.6) is 0 Å². The summed E-state index contributed by atoms with van der Waals surface area (Å²) in [5.41, 5.74) is 10.6. The highest BCUT2D eigenvalue weighted by atomic mass is 16.8. The van der Waals surface area contributed by atoms with Gasteiger partial charge < -0.3 is 91.1 Å². The lowest BCUT2D eigenvalue weighted by molar-refractivity contribution is -0.405. The molecule has 4 amide bonds. The van der Waals surface area contributed by atoms with Crippen molar-refractivity contribution in [2.75, 3.05) is 39.6 Å². The van der Waals surface area contributed by atoms with Gasteiger partial charge in [-0.1, -0.05) is 133 Å². The number of rotatable bonds is 30. The van der Waals surface area contributed by atoms with Crippen LogP contribution >= 0.6 is 0 Å². The van der Waals surface area contributed by atoms with E-state index in [1.54, 1.807) is 72.8 Å². The summed E-state index contributed by atoms with van der Waals surface area (Å²) in [6.45, 7) is 2.37. The fourth-order valence-electron chi connectivity index (χ4n) is 14.1. The van der Waals surface area contributed by atoms with E-state index in [1.807, 2.05) is 30.3 Å². The monoisotopic (exact) mass is 1490 g/mol. The van der Waals surface area contributed by atoms with Crippen LogP contribution in [0.25, 0.3) is 10.4 Å². The molecule has 7 heterocycles. The zero-order valence-corrected chi connectivity index (χ0v) is 58.8. The van der Waals surface area contributed by atoms with Gasteiger partial charge in [0.05, 0.1) is 55.3 Å². The van der Waals surface area contributed by atoms with Crippen molar-refractivity contribution >= 4 is 47.5 Å². The number of hydrogen-bond acceptors (Lipinski definition) is 28. The molecule has 570 valence electrons. The van der Waals surface area contributed by atoms with Crippen molar-refractivity contribution in [1.29, 1.82) is 0 Å². The molecule has 7 aliphatic rings. The summed E-state index contributed by atoms with van der Waals surface area (Å²) in [6, 6.07) is 34.8. The zero-order valence-electron chi connectivity index (χ0n) is 58.8. The molecule has 0 radical (unpaired) electrons. The minimum Gasteiger partial charge on any atom is -0.463 e. The molecular formula is C75H83N5O27. The van der Waals surface area contributed by atoms with Crippen LogP contribution in [-0.2, 0) is 108 Å². The van der Waals surface area contributed by atoms with Gasteiger partial charge >= 0.3 is 23.9 Å². The maximum absolute atomic E-state index is 15.3. The number of imide groups is 2. The third-order valence-corrected chi connectivity index (χ3v) is 19.0. The lowest BCUT2D eigenvalue weighted by Gasteiger charge is -2.53. The smallest absolute Gasteiger partial charge is 0.303 e. The molecule has 32 heteroatoms. The molecule has 0 spiro atoms. The lowest BCUT2D eigenvalue weighted by atomic mass is 9.92. The van der Waals surface area contributed by atoms with Gasteiger partial charge in [0.25, 0.3) is 23.6 Å². The fraction of sp³-hybridized carbons (Fsp3) is 0.493. The number of azide groups is 1. The SMILES string of the molecule is CC(=O)OC[C@H]1O[C@@H](O[C@H]2[C@H](O)[C@@H](COCc3ccccc3)O[C@@H](O[C@@H]3[C@@H](O)[C@H](O[C@H]4[C@H](O)[C@@H](N5C(=O)c6ccccc6C5=O)[C@H](OCCCCCCN=[N+]=[N-])O[C@@H]4COCc4ccccc4)O[C@@H]4CO[C@H](c5ccccc5)O[C@H]34)[C@@H]2N2C(=O)c3ccccc3C2=O)[C@H](OC(C)=O)[C@@H](OC(C)=O)[C@H]1OC(C)=O. The average Bonchev–Trinajstić information content (AvgIpc) is 1.69. The van der Waals surface area contributed by atoms with E-state index in [4.69, 9.17) is 81.3 Å². The fourth-order valence-corrected chi connectivity index (χ4v) is 14.1. The molecule has 0 aliphatic carbocycles. The number of fused-ring (bicyclic) bond motifs is 3. The molecule has 7 aliphatic heterocycles. The second-order valence-corrected chi connectivity index (χ2v) is 26.4. The standard InChI is InChI=1S/C75H83N5O27/c1-40(81)95-38-53-62(97-41(2)82)65(98-42(3)83)66(99-43(4)84)75(103-53)106-63-56(80-69(90)49-30-18-19-31-50(49)70(80)91)73(100-51(57(63)85)36-92-34-44-22-10-7-11-23-44)107-64-59(87)74(102-54-39-96-71(105-61(54)64)46-26-14-9-15-27-46)104-60-52(37-93-35-45-24-12-8-13-25-45)101-72(94-33-21-6-5-20-32-77-78-76)55(58(60)86)79-67(88)47-28-16-17-29-48(47)68(79)89/h7-19,22-31,51-66,71-75,85-87H,5-6,20-21,32-39H2,1-4H3/t51-,52-,53-,54-,55-,56-,57-,58-,59-,60-,61+,62+,63-,64-,65+,66-,71+,72-,73+,74+,75+/m1/s1. The molecule has 5 fully saturated rings. The number of hydrogen-bond donors (Lipinski definition) is 3. The average molecular weight is 1490 g/mol. The van der Waals surface area contributed by atoms with Crippen LogP contribution in [0.15, 0.2) is 145 Å². The summed E-state index contributed by atoms with van der Waals surface area (Å²) in [5.74, 6) is -7.33. The van der Waals surface area contributed by atoms with Crippen LogP contribution < -0.4 is 0 Å². The van der Waals surface area contributed by atoms with Crippen molar-refractivity contribution in [3.8, 4) is 0 Å². The summed E-state index contributed by atoms with van der Waals surface area (Å²) >= 11 is 0. The van der Waals surface area contributed by atoms with Gasteiger partial charge in [-0.05, 0) is 53.8 Å². The molecule has 0 aromatic heterocycles. The molecular weight excluding hydrogens is 1400 g/mol. The first kappa shape index (κ1) is 77.6. The number of ether oxygens (including phenoxy) is 16. The highest BCUT2D eigenvalue weighted by Crippen LogP contribution is 2.44. The van der Waals surface area contributed by atoms with E-state index in [2.05, 4.69) is 10.0 Å². The number of benzene rings is 5. The Kier molecular flexibility index (Phi) is 25.9. The highest BCUT2D eigenvalue weighted by Gasteiger charge is 2.63. The van der Waals surface area contributed by atoms with Gasteiger partial charge in [0.2, 0.25) is 0 Å². The van der Waals surface area contributed by atoms with Crippen LogP contribution in [-0.4, -0.2) is 235 Å². The summed E-state index contributed by atoms with van der Waals surface area (Å²) < 4.78 is 102. The Morgan fingerprint density at radius 1 is 0.477 bits per heavy atom. The van der Waals surface area contributed by atoms with E-state index < -0.39 is 190 Å². The molecule has 3 N–H and O–H groups in total. The van der Waals surface area contributed by atoms with E-state index >= 15 is 9.59 Å². The van der Waals surface area contributed by atoms with Gasteiger partial charge in [-0.3, -0.25) is 48.2 Å². The van der Waals surface area contributed by atoms with E-state index in [0.717, 1.165) is 38.2 Å². The second-order valence-electron chi connectivity index (χ2n) is 26.4. The van der Waals surface area contributed by atoms with Crippen LogP contribution in [0.4, 0.5) is 0 Å². The van der Waals surface area contributed by atoms with Crippen molar-refractivity contribution in [1.82, 2.24) is 9.80 Å². The summed E-state index contributed by atoms with van der Waals surface area (Å²) in [4.78, 5) is 116. The second kappa shape index (κ2) is 35.8. The first-order valence-electron chi connectivity index (χ1n) is 35.2. The van der Waals surface area contributed by atoms with Gasteiger partial charge in [0.1, 0.15) is 85.8 Å². The number of nitrogens with zero attached hydrogens (tertiary/aromatic N) is 5. The molecule has 0 unspecified atom stereocenters. The maximum Gasteiger partial charge on any atom is 0.303 e. The van der Waals surface area contributed by atoms with Gasteiger partial charge in [-0.25, -0.2) is 0 Å². The van der Waals surface area contributed by atoms with Crippen molar-refractivity contribution in [2.24, 2.45) is 5.11 Å². The number of carbonyl (C=O) groups is 8. The van der Waals surface area contributed by atoms with Gasteiger partial charge in [0, 0.05) is 51.3 Å². The summed E-state index contributed by atoms with van der Waals surface area (Å²) in [7, 11) is 0. The van der Waals surface area contributed by atoms with Crippen LogP contribution in [0.2, 0.25) is 0 Å². The lowest BCUT2D eigenvalue weighted by Crippen LogP contribution is -2.71. The van der Waals surface area contributed by atoms with Crippen molar-refractivity contribution in [2.45, 2.75) is 196 Å². The highest BCUT2D eigenvalue weighted by molar-refractivity contribution is 6.22. The Bertz CT molecular complexity index is 3920. The molecule has 5 aromatic carbocycles. The number of aliphatic hydroxyl groups is 3. The van der Waals surface area contributed by atoms with E-state index in [-0.39, 0.29) is 61.8 Å². The molecule has 0 bridgehead atoms. The molecule has 0 saturated carbocycles. The largest absolute Gasteiger partial charge is 0.463 e. The van der Waals surface area contributed by atoms with Crippen LogP contribution in [0.1, 0.15) is 118 Å². The molecule has 21 atom stereocenters. The Balaban J connectivity index is 0.952. The number of aliphatic hydroxyl groups excluding tert-OH is 3. The van der Waals surface area contributed by atoms with Gasteiger partial charge in [0.15, 0.2) is 49.8 Å². The van der Waals surface area contributed by atoms with Crippen molar-refractivity contribution in [3.05, 3.63) is 189 Å². The van der Waals surface area contributed by atoms with Crippen molar-refractivity contribution in [3.63, 3.8) is 0 Å². The van der Waals surface area contributed by atoms with Gasteiger partial charge in [-0.2, -0.15) is 0 Å². The molecule has 5 aromatic rings. The molecule has 5 saturated heterocycles. The number of esters is 4. The van der Waals surface area contributed by atoms with E-state index in [9.17, 15) is 44.1 Å². The number of amides is 4. The number of carbonyl (C=O) groups excluding carboxylic acids is 8. The third-order valence-electron chi connectivity index (χ3n) is 19.0. The Labute approximate surface area is 613 Å². The topological polar surface area (TPSA) is 400 Å². The Morgan fingerprint density at radius 2 is 0.963 bits per heavy atom. The first-order chi connectivity index (χ1) is 51.8. The van der Waals surface area contributed by atoms with Gasteiger partial charge in [-0.15, -0.1) is 0 Å². The molecule has 107 heavy (non-hydrogen) atoms. The normalized spacial score (nSPS) is 31.0. The molecule has 32 nitrogen and oxygen atoms in total. The summed E-state index contributed by atoms with van der Waals surface area (Å²) in [5, 5.41) is 43.4. The van der Waals surface area contributed by atoms with Crippen LogP contribution in [0, 0.1) is 0 Å². The quantitative estimate of drug-likeness (QED) is 0.0100. The van der Waals surface area contributed by atoms with Crippen molar-refractivity contribution < 1.29 is 129 Å². The Morgan fingerprint density at radius 3 is 1.53 bits per heavy atom. The minimum atomic E-state index is -2.14. The zero-order chi connectivity index (χ0) is 75.4. The maximum atomic E-state index is 15.3. The third kappa shape index (κ3) is 17.9. The predicted octanol–water partition coefficient (Wildman–Crippen LogP) is 5.25. The minimum absolute atomic E-state index is 0.00547. The molecule has 12 rings (SSSR count). The van der Waals surface area contributed by atoms with E-state index in [1.165, 1.54) is 36.4 Å². The first-order valence-corrected chi connectivity index (χ1v) is 35.2. The van der Waals surface area contributed by atoms with Crippen LogP contribution in [0.3, 0.4) is 0 Å². The summed E-state index contributed by atoms with van der Waals surface area (Å²) in [6.07, 6.45) is -31.3. The predicted molar refractivity (Wildman–Crippen MR) is 363 cm³/mol.